The van der Waals surface area contributed by atoms with E-state index in [0.717, 1.165) is 11.3 Å². The van der Waals surface area contributed by atoms with Gasteiger partial charge in [0.05, 0.1) is 31.8 Å². The number of benzene rings is 1. The monoisotopic (exact) mass is 325 g/mol. The maximum atomic E-state index is 11.7. The molecule has 24 heavy (non-hydrogen) atoms. The Hall–Kier alpha value is -2.86. The van der Waals surface area contributed by atoms with Crippen LogP contribution in [0.1, 0.15) is 21.7 Å². The van der Waals surface area contributed by atoms with Crippen LogP contribution in [0.3, 0.4) is 0 Å². The maximum absolute atomic E-state index is 11.7. The second-order valence-electron chi connectivity index (χ2n) is 5.55. The maximum Gasteiger partial charge on any atom is 0.341 e. The first-order chi connectivity index (χ1) is 11.7. The standard InChI is InChI=1S/C18H19N3O3/c1-20(13-17-16(8-9-24-17)18(22)23-2)11-14-10-19-21(12-14)15-6-4-3-5-7-15/h3-10,12H,11,13H2,1-2H3. The molecule has 0 bridgehead atoms. The third-order valence-electron chi connectivity index (χ3n) is 3.67. The van der Waals surface area contributed by atoms with Gasteiger partial charge in [-0.2, -0.15) is 5.10 Å². The second kappa shape index (κ2) is 7.14. The van der Waals surface area contributed by atoms with Crippen LogP contribution < -0.4 is 0 Å². The van der Waals surface area contributed by atoms with Gasteiger partial charge in [-0.25, -0.2) is 9.48 Å². The van der Waals surface area contributed by atoms with Gasteiger partial charge in [0.1, 0.15) is 11.3 Å². The topological polar surface area (TPSA) is 60.5 Å². The molecule has 0 aliphatic carbocycles. The van der Waals surface area contributed by atoms with Crippen molar-refractivity contribution >= 4 is 5.97 Å². The van der Waals surface area contributed by atoms with Crippen LogP contribution in [0.2, 0.25) is 0 Å². The molecule has 0 saturated heterocycles. The number of hydrogen-bond donors (Lipinski definition) is 0. The Bertz CT molecular complexity index is 808. The Kier molecular flexibility index (Phi) is 4.77. The Balaban J connectivity index is 1.66. The number of aromatic nitrogens is 2. The van der Waals surface area contributed by atoms with Crippen LogP contribution in [0.4, 0.5) is 0 Å². The molecular weight excluding hydrogens is 306 g/mol. The third-order valence-corrected chi connectivity index (χ3v) is 3.67. The summed E-state index contributed by atoms with van der Waals surface area (Å²) in [6.45, 7) is 1.20. The highest BCUT2D eigenvalue weighted by Gasteiger charge is 2.16. The van der Waals surface area contributed by atoms with Crippen molar-refractivity contribution in [2.24, 2.45) is 0 Å². The summed E-state index contributed by atoms with van der Waals surface area (Å²) < 4.78 is 12.0. The van der Waals surface area contributed by atoms with Crippen molar-refractivity contribution in [3.63, 3.8) is 0 Å². The number of carbonyl (C=O) groups excluding carboxylic acids is 1. The Morgan fingerprint density at radius 1 is 1.25 bits per heavy atom. The van der Waals surface area contributed by atoms with Crippen molar-refractivity contribution in [3.8, 4) is 5.69 Å². The highest BCUT2D eigenvalue weighted by molar-refractivity contribution is 5.90. The van der Waals surface area contributed by atoms with Gasteiger partial charge in [-0.05, 0) is 25.2 Å². The summed E-state index contributed by atoms with van der Waals surface area (Å²) in [6, 6.07) is 11.6. The quantitative estimate of drug-likeness (QED) is 0.652. The summed E-state index contributed by atoms with van der Waals surface area (Å²) in [6.07, 6.45) is 5.34. The highest BCUT2D eigenvalue weighted by atomic mass is 16.5. The summed E-state index contributed by atoms with van der Waals surface area (Å²) in [5, 5.41) is 4.39. The van der Waals surface area contributed by atoms with Gasteiger partial charge in [0, 0.05) is 18.3 Å². The molecule has 3 aromatic rings. The van der Waals surface area contributed by atoms with E-state index in [2.05, 4.69) is 10.00 Å². The van der Waals surface area contributed by atoms with Gasteiger partial charge in [0.25, 0.3) is 0 Å². The first-order valence-corrected chi connectivity index (χ1v) is 7.59. The Morgan fingerprint density at radius 3 is 2.79 bits per heavy atom. The SMILES string of the molecule is COC(=O)c1ccoc1CN(C)Cc1cnn(-c2ccccc2)c1. The molecular formula is C18H19N3O3. The minimum absolute atomic E-state index is 0.385. The van der Waals surface area contributed by atoms with Gasteiger partial charge >= 0.3 is 5.97 Å². The summed E-state index contributed by atoms with van der Waals surface area (Å²) in [5.41, 5.74) is 2.56. The predicted molar refractivity (Wildman–Crippen MR) is 88.8 cm³/mol. The van der Waals surface area contributed by atoms with E-state index in [0.29, 0.717) is 24.4 Å². The molecule has 0 N–H and O–H groups in total. The fourth-order valence-electron chi connectivity index (χ4n) is 2.53. The largest absolute Gasteiger partial charge is 0.467 e. The van der Waals surface area contributed by atoms with Crippen LogP contribution >= 0.6 is 0 Å². The minimum Gasteiger partial charge on any atom is -0.467 e. The molecule has 0 radical (unpaired) electrons. The van der Waals surface area contributed by atoms with E-state index >= 15 is 0 Å². The van der Waals surface area contributed by atoms with E-state index in [4.69, 9.17) is 9.15 Å². The van der Waals surface area contributed by atoms with Crippen molar-refractivity contribution in [2.75, 3.05) is 14.2 Å². The van der Waals surface area contributed by atoms with Crippen LogP contribution in [0.25, 0.3) is 5.69 Å². The summed E-state index contributed by atoms with van der Waals surface area (Å²) in [7, 11) is 3.32. The van der Waals surface area contributed by atoms with Crippen LogP contribution in [-0.2, 0) is 17.8 Å². The minimum atomic E-state index is -0.385. The zero-order valence-electron chi connectivity index (χ0n) is 13.7. The molecule has 124 valence electrons. The molecule has 6 heteroatoms. The molecule has 3 rings (SSSR count). The van der Waals surface area contributed by atoms with E-state index in [-0.39, 0.29) is 5.97 Å². The molecule has 2 heterocycles. The summed E-state index contributed by atoms with van der Waals surface area (Å²) in [5.74, 6) is 0.212. The lowest BCUT2D eigenvalue weighted by molar-refractivity contribution is 0.0596. The van der Waals surface area contributed by atoms with Crippen molar-refractivity contribution in [1.82, 2.24) is 14.7 Å². The third kappa shape index (κ3) is 3.55. The number of carbonyl (C=O) groups is 1. The molecule has 0 spiro atoms. The molecule has 0 atom stereocenters. The molecule has 1 aromatic carbocycles. The average molecular weight is 325 g/mol. The van der Waals surface area contributed by atoms with Crippen molar-refractivity contribution in [1.29, 1.82) is 0 Å². The predicted octanol–water partition coefficient (Wildman–Crippen LogP) is 2.88. The molecule has 0 aliphatic rings. The van der Waals surface area contributed by atoms with Crippen LogP contribution in [0.15, 0.2) is 59.5 Å². The number of para-hydroxylation sites is 1. The van der Waals surface area contributed by atoms with Crippen LogP contribution in [-0.4, -0.2) is 34.8 Å². The van der Waals surface area contributed by atoms with E-state index in [9.17, 15) is 4.79 Å². The highest BCUT2D eigenvalue weighted by Crippen LogP contribution is 2.16. The zero-order valence-corrected chi connectivity index (χ0v) is 13.7. The number of rotatable bonds is 6. The van der Waals surface area contributed by atoms with E-state index in [1.54, 1.807) is 6.07 Å². The van der Waals surface area contributed by atoms with E-state index in [1.165, 1.54) is 13.4 Å². The van der Waals surface area contributed by atoms with E-state index in [1.807, 2.05) is 54.5 Å². The second-order valence-corrected chi connectivity index (χ2v) is 5.55. The number of hydrogen-bond acceptors (Lipinski definition) is 5. The lowest BCUT2D eigenvalue weighted by Gasteiger charge is -2.14. The van der Waals surface area contributed by atoms with Gasteiger partial charge in [-0.3, -0.25) is 4.90 Å². The molecule has 0 unspecified atom stereocenters. The first kappa shape index (κ1) is 16.0. The summed E-state index contributed by atoms with van der Waals surface area (Å²) >= 11 is 0. The van der Waals surface area contributed by atoms with Gasteiger partial charge in [0.2, 0.25) is 0 Å². The molecule has 0 amide bonds. The number of nitrogens with zero attached hydrogens (tertiary/aromatic N) is 3. The van der Waals surface area contributed by atoms with Gasteiger partial charge in [-0.15, -0.1) is 0 Å². The van der Waals surface area contributed by atoms with Gasteiger partial charge in [0.15, 0.2) is 0 Å². The number of methoxy groups -OCH3 is 1. The Morgan fingerprint density at radius 2 is 2.04 bits per heavy atom. The molecule has 0 fully saturated rings. The van der Waals surface area contributed by atoms with Crippen molar-refractivity contribution in [3.05, 3.63) is 71.9 Å². The summed E-state index contributed by atoms with van der Waals surface area (Å²) in [4.78, 5) is 13.7. The van der Waals surface area contributed by atoms with Crippen molar-refractivity contribution < 1.29 is 13.9 Å². The van der Waals surface area contributed by atoms with Crippen LogP contribution in [0.5, 0.6) is 0 Å². The number of ether oxygens (including phenoxy) is 1. The fraction of sp³-hybridized carbons (Fsp3) is 0.222. The lowest BCUT2D eigenvalue weighted by atomic mass is 10.2. The van der Waals surface area contributed by atoms with Crippen LogP contribution in [0, 0.1) is 0 Å². The molecule has 6 nitrogen and oxygen atoms in total. The smallest absolute Gasteiger partial charge is 0.341 e. The first-order valence-electron chi connectivity index (χ1n) is 7.59. The Labute approximate surface area is 140 Å². The van der Waals surface area contributed by atoms with Gasteiger partial charge < -0.3 is 9.15 Å². The average Bonchev–Trinajstić information content (AvgIpc) is 3.24. The molecule has 2 aromatic heterocycles. The lowest BCUT2D eigenvalue weighted by Crippen LogP contribution is -2.18. The molecule has 0 aliphatic heterocycles. The normalized spacial score (nSPS) is 11.0. The molecule has 0 saturated carbocycles. The number of furan rings is 1. The zero-order chi connectivity index (χ0) is 16.9. The van der Waals surface area contributed by atoms with Crippen molar-refractivity contribution in [2.45, 2.75) is 13.1 Å². The van der Waals surface area contributed by atoms with E-state index < -0.39 is 0 Å². The fourth-order valence-corrected chi connectivity index (χ4v) is 2.53. The number of esters is 1. The van der Waals surface area contributed by atoms with Gasteiger partial charge in [-0.1, -0.05) is 18.2 Å².